The number of nitrogens with zero attached hydrogens (tertiary/aromatic N) is 1. The Hall–Kier alpha value is -2.94. The fraction of sp³-hybridized carbons (Fsp3) is 0.0714. The van der Waals surface area contributed by atoms with E-state index in [-0.39, 0.29) is 5.56 Å². The van der Waals surface area contributed by atoms with Crippen molar-refractivity contribution in [2.75, 3.05) is 11.0 Å². The van der Waals surface area contributed by atoms with Gasteiger partial charge in [-0.25, -0.2) is 8.42 Å². The van der Waals surface area contributed by atoms with Crippen LogP contribution in [0, 0.1) is 0 Å². The molecule has 0 fully saturated rings. The third-order valence-electron chi connectivity index (χ3n) is 2.66. The summed E-state index contributed by atoms with van der Waals surface area (Å²) in [7, 11) is -3.38. The minimum Gasteiger partial charge on any atom is -0.284 e. The molecule has 120 valence electrons. The molecule has 1 aromatic heterocycles. The molecule has 0 saturated carbocycles. The van der Waals surface area contributed by atoms with Gasteiger partial charge in [0.2, 0.25) is 10.0 Å². The summed E-state index contributed by atoms with van der Waals surface area (Å²) in [5, 5.41) is 0. The first-order valence-electron chi connectivity index (χ1n) is 6.44. The number of hydrogen-bond acceptors (Lipinski definition) is 5. The number of nitrogens with one attached hydrogen (secondary N) is 3. The first-order valence-corrected chi connectivity index (χ1v) is 8.33. The molecule has 0 aliphatic carbocycles. The Bertz CT molecular complexity index is 804. The summed E-state index contributed by atoms with van der Waals surface area (Å²) < 4.78 is 24.5. The monoisotopic (exact) mass is 334 g/mol. The van der Waals surface area contributed by atoms with Crippen molar-refractivity contribution < 1.29 is 18.0 Å². The zero-order valence-electron chi connectivity index (χ0n) is 12.1. The fourth-order valence-electron chi connectivity index (χ4n) is 1.66. The Morgan fingerprint density at radius 1 is 0.957 bits per heavy atom. The number of sulfonamides is 1. The average Bonchev–Trinajstić information content (AvgIpc) is 2.52. The summed E-state index contributed by atoms with van der Waals surface area (Å²) in [6, 6.07) is 8.90. The standard InChI is InChI=1S/C14H14N4O4S/c1-23(21,22)18-12-6-4-10(5-7-12)13(19)16-17-14(20)11-3-2-8-15-9-11/h2-9,18H,1H3,(H,16,19)(H,17,20). The highest BCUT2D eigenvalue weighted by Gasteiger charge is 2.09. The normalized spacial score (nSPS) is 10.7. The predicted molar refractivity (Wildman–Crippen MR) is 84.1 cm³/mol. The van der Waals surface area contributed by atoms with E-state index in [9.17, 15) is 18.0 Å². The number of benzene rings is 1. The van der Waals surface area contributed by atoms with Gasteiger partial charge in [-0.05, 0) is 36.4 Å². The lowest BCUT2D eigenvalue weighted by molar-refractivity contribution is 0.0846. The SMILES string of the molecule is CS(=O)(=O)Nc1ccc(C(=O)NNC(=O)c2cccnc2)cc1. The van der Waals surface area contributed by atoms with E-state index in [1.54, 1.807) is 12.1 Å². The van der Waals surface area contributed by atoms with Gasteiger partial charge >= 0.3 is 0 Å². The van der Waals surface area contributed by atoms with Gasteiger partial charge in [-0.1, -0.05) is 0 Å². The molecule has 9 heteroatoms. The predicted octanol–water partition coefficient (Wildman–Crippen LogP) is 0.528. The molecular formula is C14H14N4O4S. The van der Waals surface area contributed by atoms with Crippen LogP contribution in [0.15, 0.2) is 48.8 Å². The maximum absolute atomic E-state index is 11.9. The largest absolute Gasteiger partial charge is 0.284 e. The van der Waals surface area contributed by atoms with Crippen LogP contribution in [0.2, 0.25) is 0 Å². The Morgan fingerprint density at radius 3 is 2.09 bits per heavy atom. The smallest absolute Gasteiger partial charge is 0.271 e. The molecule has 1 aromatic carbocycles. The van der Waals surface area contributed by atoms with Gasteiger partial charge in [0.25, 0.3) is 11.8 Å². The van der Waals surface area contributed by atoms with Gasteiger partial charge in [0.05, 0.1) is 11.8 Å². The van der Waals surface area contributed by atoms with Crippen molar-refractivity contribution in [2.24, 2.45) is 0 Å². The molecule has 1 heterocycles. The highest BCUT2D eigenvalue weighted by Crippen LogP contribution is 2.10. The number of carbonyl (C=O) groups is 2. The topological polar surface area (TPSA) is 117 Å². The fourth-order valence-corrected chi connectivity index (χ4v) is 2.22. The summed E-state index contributed by atoms with van der Waals surface area (Å²) in [5.74, 6) is -1.03. The first kappa shape index (κ1) is 16.4. The molecule has 0 atom stereocenters. The molecule has 0 bridgehead atoms. The number of hydrogen-bond donors (Lipinski definition) is 3. The van der Waals surface area contributed by atoms with E-state index in [0.717, 1.165) is 6.26 Å². The Morgan fingerprint density at radius 2 is 1.57 bits per heavy atom. The Kier molecular flexibility index (Phi) is 4.91. The van der Waals surface area contributed by atoms with Crippen LogP contribution in [0.3, 0.4) is 0 Å². The molecule has 23 heavy (non-hydrogen) atoms. The van der Waals surface area contributed by atoms with Crippen LogP contribution in [0.25, 0.3) is 0 Å². The third-order valence-corrected chi connectivity index (χ3v) is 3.27. The maximum atomic E-state index is 11.9. The summed E-state index contributed by atoms with van der Waals surface area (Å²) >= 11 is 0. The Labute approximate surface area is 133 Å². The number of carbonyl (C=O) groups excluding carboxylic acids is 2. The lowest BCUT2D eigenvalue weighted by atomic mass is 10.2. The number of pyridine rings is 1. The van der Waals surface area contributed by atoms with E-state index >= 15 is 0 Å². The van der Waals surface area contributed by atoms with E-state index in [2.05, 4.69) is 20.6 Å². The van der Waals surface area contributed by atoms with Crippen molar-refractivity contribution in [1.82, 2.24) is 15.8 Å². The van der Waals surface area contributed by atoms with E-state index in [1.165, 1.54) is 36.7 Å². The van der Waals surface area contributed by atoms with Gasteiger partial charge in [-0.3, -0.25) is 30.1 Å². The number of amides is 2. The van der Waals surface area contributed by atoms with Crippen LogP contribution in [0.4, 0.5) is 5.69 Å². The molecule has 0 unspecified atom stereocenters. The molecular weight excluding hydrogens is 320 g/mol. The molecule has 0 aliphatic heterocycles. The van der Waals surface area contributed by atoms with Crippen LogP contribution in [0.5, 0.6) is 0 Å². The van der Waals surface area contributed by atoms with E-state index in [1.807, 2.05) is 0 Å². The molecule has 0 aliphatic rings. The van der Waals surface area contributed by atoms with Crippen molar-refractivity contribution in [3.05, 3.63) is 59.9 Å². The van der Waals surface area contributed by atoms with Gasteiger partial charge in [-0.15, -0.1) is 0 Å². The first-order chi connectivity index (χ1) is 10.8. The maximum Gasteiger partial charge on any atom is 0.271 e. The zero-order chi connectivity index (χ0) is 16.9. The molecule has 0 spiro atoms. The molecule has 0 saturated heterocycles. The van der Waals surface area contributed by atoms with Crippen LogP contribution < -0.4 is 15.6 Å². The minimum absolute atomic E-state index is 0.260. The second-order valence-corrected chi connectivity index (χ2v) is 6.35. The van der Waals surface area contributed by atoms with E-state index in [4.69, 9.17) is 0 Å². The number of rotatable bonds is 4. The van der Waals surface area contributed by atoms with E-state index < -0.39 is 21.8 Å². The average molecular weight is 334 g/mol. The second kappa shape index (κ2) is 6.88. The Balaban J connectivity index is 1.95. The number of anilines is 1. The lowest BCUT2D eigenvalue weighted by Crippen LogP contribution is -2.41. The van der Waals surface area contributed by atoms with Gasteiger partial charge in [-0.2, -0.15) is 0 Å². The number of hydrazine groups is 1. The van der Waals surface area contributed by atoms with Gasteiger partial charge in [0, 0.05) is 23.6 Å². The highest BCUT2D eigenvalue weighted by atomic mass is 32.2. The van der Waals surface area contributed by atoms with Crippen molar-refractivity contribution in [3.63, 3.8) is 0 Å². The molecule has 2 amide bonds. The zero-order valence-corrected chi connectivity index (χ0v) is 12.9. The van der Waals surface area contributed by atoms with Crippen molar-refractivity contribution >= 4 is 27.5 Å². The summed E-state index contributed by atoms with van der Waals surface area (Å²) in [6.07, 6.45) is 3.93. The molecule has 8 nitrogen and oxygen atoms in total. The molecule has 2 rings (SSSR count). The summed E-state index contributed by atoms with van der Waals surface area (Å²) in [5.41, 5.74) is 5.42. The van der Waals surface area contributed by atoms with Gasteiger partial charge in [0.1, 0.15) is 0 Å². The van der Waals surface area contributed by atoms with Crippen molar-refractivity contribution in [3.8, 4) is 0 Å². The second-order valence-electron chi connectivity index (χ2n) is 4.60. The lowest BCUT2D eigenvalue weighted by Gasteiger charge is -2.08. The third kappa shape index (κ3) is 5.08. The summed E-state index contributed by atoms with van der Waals surface area (Å²) in [4.78, 5) is 27.4. The van der Waals surface area contributed by atoms with E-state index in [0.29, 0.717) is 11.3 Å². The van der Waals surface area contributed by atoms with Crippen LogP contribution >= 0.6 is 0 Å². The molecule has 0 radical (unpaired) electrons. The highest BCUT2D eigenvalue weighted by molar-refractivity contribution is 7.92. The quantitative estimate of drug-likeness (QED) is 0.705. The van der Waals surface area contributed by atoms with Crippen molar-refractivity contribution in [2.45, 2.75) is 0 Å². The number of aromatic nitrogens is 1. The van der Waals surface area contributed by atoms with Gasteiger partial charge < -0.3 is 0 Å². The van der Waals surface area contributed by atoms with Crippen LogP contribution in [0.1, 0.15) is 20.7 Å². The van der Waals surface area contributed by atoms with Crippen LogP contribution in [-0.2, 0) is 10.0 Å². The molecule has 3 N–H and O–H groups in total. The van der Waals surface area contributed by atoms with Crippen molar-refractivity contribution in [1.29, 1.82) is 0 Å². The molecule has 2 aromatic rings. The summed E-state index contributed by atoms with van der Waals surface area (Å²) in [6.45, 7) is 0. The minimum atomic E-state index is -3.38. The van der Waals surface area contributed by atoms with Crippen LogP contribution in [-0.4, -0.2) is 31.5 Å². The van der Waals surface area contributed by atoms with Gasteiger partial charge in [0.15, 0.2) is 0 Å².